The number of primary amides is 1. The van der Waals surface area contributed by atoms with Gasteiger partial charge in [0.2, 0.25) is 5.91 Å². The number of carbonyl (C=O) groups is 1. The number of nitrogens with two attached hydrogens (primary N) is 1. The van der Waals surface area contributed by atoms with Gasteiger partial charge >= 0.3 is 0 Å². The first kappa shape index (κ1) is 12.8. The minimum atomic E-state index is -0.631. The van der Waals surface area contributed by atoms with E-state index in [2.05, 4.69) is 4.98 Å². The van der Waals surface area contributed by atoms with Crippen LogP contribution in [-0.4, -0.2) is 15.5 Å². The molecule has 1 amide bonds. The number of fused-ring (bicyclic) bond motifs is 1. The van der Waals surface area contributed by atoms with E-state index in [1.165, 1.54) is 6.07 Å². The molecule has 1 aromatic carbocycles. The van der Waals surface area contributed by atoms with Crippen molar-refractivity contribution < 1.29 is 9.18 Å². The summed E-state index contributed by atoms with van der Waals surface area (Å²) in [5.41, 5.74) is 6.02. The lowest BCUT2D eigenvalue weighted by atomic mass is 10.2. The molecule has 0 aliphatic rings. The Hall–Kier alpha value is -1.62. The van der Waals surface area contributed by atoms with Crippen molar-refractivity contribution in [3.8, 4) is 0 Å². The molecule has 2 atom stereocenters. The molecule has 0 saturated carbocycles. The van der Waals surface area contributed by atoms with Crippen LogP contribution in [0.15, 0.2) is 18.2 Å². The normalized spacial score (nSPS) is 14.7. The van der Waals surface area contributed by atoms with Crippen molar-refractivity contribution in [1.82, 2.24) is 9.55 Å². The van der Waals surface area contributed by atoms with Crippen molar-refractivity contribution in [2.24, 2.45) is 5.73 Å². The van der Waals surface area contributed by atoms with Crippen LogP contribution in [0.1, 0.15) is 31.1 Å². The number of benzene rings is 1. The van der Waals surface area contributed by atoms with Crippen molar-refractivity contribution in [3.05, 3.63) is 29.8 Å². The molecule has 0 radical (unpaired) electrons. The highest BCUT2D eigenvalue weighted by Crippen LogP contribution is 2.29. The fourth-order valence-corrected chi connectivity index (χ4v) is 2.07. The van der Waals surface area contributed by atoms with Crippen LogP contribution in [0.3, 0.4) is 0 Å². The van der Waals surface area contributed by atoms with E-state index in [0.717, 1.165) is 0 Å². The van der Waals surface area contributed by atoms with E-state index in [0.29, 0.717) is 11.3 Å². The first-order chi connectivity index (χ1) is 8.43. The van der Waals surface area contributed by atoms with Crippen molar-refractivity contribution in [2.75, 3.05) is 0 Å². The quantitative estimate of drug-likeness (QED) is 0.871. The third-order valence-electron chi connectivity index (χ3n) is 2.85. The van der Waals surface area contributed by atoms with E-state index in [4.69, 9.17) is 17.3 Å². The predicted octanol–water partition coefficient (Wildman–Crippen LogP) is 2.52. The number of alkyl halides is 1. The first-order valence-corrected chi connectivity index (χ1v) is 5.97. The number of para-hydroxylation sites is 1. The molecule has 2 aromatic rings. The lowest BCUT2D eigenvalue weighted by molar-refractivity contribution is -0.120. The second-order valence-electron chi connectivity index (χ2n) is 4.14. The van der Waals surface area contributed by atoms with Gasteiger partial charge < -0.3 is 10.3 Å². The van der Waals surface area contributed by atoms with Crippen LogP contribution in [-0.2, 0) is 4.79 Å². The average Bonchev–Trinajstić information content (AvgIpc) is 2.68. The third-order valence-corrected chi connectivity index (χ3v) is 3.05. The Bertz CT molecular complexity index is 609. The molecule has 96 valence electrons. The van der Waals surface area contributed by atoms with Gasteiger partial charge in [-0.05, 0) is 26.0 Å². The maximum Gasteiger partial charge on any atom is 0.240 e. The minimum Gasteiger partial charge on any atom is -0.368 e. The Morgan fingerprint density at radius 2 is 2.17 bits per heavy atom. The molecule has 2 rings (SSSR count). The van der Waals surface area contributed by atoms with Crippen LogP contribution >= 0.6 is 11.6 Å². The van der Waals surface area contributed by atoms with Gasteiger partial charge in [0, 0.05) is 0 Å². The number of hydrogen-bond acceptors (Lipinski definition) is 2. The summed E-state index contributed by atoms with van der Waals surface area (Å²) in [5.74, 6) is -0.526. The maximum atomic E-state index is 13.7. The predicted molar refractivity (Wildman–Crippen MR) is 67.9 cm³/mol. The monoisotopic (exact) mass is 269 g/mol. The van der Waals surface area contributed by atoms with Crippen LogP contribution < -0.4 is 5.73 Å². The minimum absolute atomic E-state index is 0.202. The second-order valence-corrected chi connectivity index (χ2v) is 4.80. The van der Waals surface area contributed by atoms with Crippen LogP contribution in [0.2, 0.25) is 0 Å². The molecule has 0 saturated heterocycles. The van der Waals surface area contributed by atoms with E-state index < -0.39 is 23.1 Å². The molecule has 0 fully saturated rings. The zero-order valence-electron chi connectivity index (χ0n) is 10.0. The Morgan fingerprint density at radius 1 is 1.50 bits per heavy atom. The van der Waals surface area contributed by atoms with Gasteiger partial charge in [0.1, 0.15) is 17.4 Å². The number of carbonyl (C=O) groups excluding carboxylic acids is 1. The van der Waals surface area contributed by atoms with Gasteiger partial charge in [-0.1, -0.05) is 6.07 Å². The smallest absolute Gasteiger partial charge is 0.240 e. The number of rotatable bonds is 3. The van der Waals surface area contributed by atoms with Crippen molar-refractivity contribution in [1.29, 1.82) is 0 Å². The number of nitrogens with zero attached hydrogens (tertiary/aromatic N) is 2. The zero-order chi connectivity index (χ0) is 13.4. The van der Waals surface area contributed by atoms with E-state index in [-0.39, 0.29) is 5.52 Å². The molecule has 6 heteroatoms. The number of hydrogen-bond donors (Lipinski definition) is 1. The zero-order valence-corrected chi connectivity index (χ0v) is 10.8. The molecule has 0 aliphatic carbocycles. The molecule has 4 nitrogen and oxygen atoms in total. The fourth-order valence-electron chi connectivity index (χ4n) is 1.92. The van der Waals surface area contributed by atoms with Gasteiger partial charge in [0.05, 0.1) is 10.9 Å². The summed E-state index contributed by atoms with van der Waals surface area (Å²) in [6.07, 6.45) is 0. The van der Waals surface area contributed by atoms with Gasteiger partial charge in [0.25, 0.3) is 0 Å². The van der Waals surface area contributed by atoms with Gasteiger partial charge in [-0.3, -0.25) is 4.79 Å². The number of halogens is 2. The highest BCUT2D eigenvalue weighted by atomic mass is 35.5. The van der Waals surface area contributed by atoms with Crippen molar-refractivity contribution >= 4 is 28.5 Å². The summed E-state index contributed by atoms with van der Waals surface area (Å²) in [6, 6.07) is 3.94. The van der Waals surface area contributed by atoms with E-state index >= 15 is 0 Å². The van der Waals surface area contributed by atoms with Gasteiger partial charge in [-0.2, -0.15) is 0 Å². The van der Waals surface area contributed by atoms with Crippen LogP contribution in [0.5, 0.6) is 0 Å². The van der Waals surface area contributed by atoms with Gasteiger partial charge in [-0.25, -0.2) is 9.37 Å². The molecule has 2 unspecified atom stereocenters. The van der Waals surface area contributed by atoms with E-state index in [1.54, 1.807) is 30.5 Å². The molecule has 0 aliphatic heterocycles. The maximum absolute atomic E-state index is 13.7. The summed E-state index contributed by atoms with van der Waals surface area (Å²) in [4.78, 5) is 15.5. The standard InChI is InChI=1S/C12H13ClFN3O/c1-6(13)12-16-10-8(14)4-3-5-9(10)17(12)7(2)11(15)18/h3-7H,1-2H3,(H2,15,18). The topological polar surface area (TPSA) is 60.9 Å². The Labute approximate surface area is 109 Å². The molecular formula is C12H13ClFN3O. The molecule has 0 spiro atoms. The lowest BCUT2D eigenvalue weighted by Gasteiger charge is -2.15. The number of amides is 1. The molecule has 1 aromatic heterocycles. The summed E-state index contributed by atoms with van der Waals surface area (Å²) >= 11 is 6.02. The third kappa shape index (κ3) is 1.95. The van der Waals surface area contributed by atoms with Crippen LogP contribution in [0.25, 0.3) is 11.0 Å². The summed E-state index contributed by atoms with van der Waals surface area (Å²) < 4.78 is 15.3. The number of aromatic nitrogens is 2. The first-order valence-electron chi connectivity index (χ1n) is 5.53. The van der Waals surface area contributed by atoms with Gasteiger partial charge in [0.15, 0.2) is 5.82 Å². The Balaban J connectivity index is 2.79. The Morgan fingerprint density at radius 3 is 2.72 bits per heavy atom. The molecular weight excluding hydrogens is 257 g/mol. The average molecular weight is 270 g/mol. The fraction of sp³-hybridized carbons (Fsp3) is 0.333. The van der Waals surface area contributed by atoms with E-state index in [1.807, 2.05) is 0 Å². The number of imidazole rings is 1. The van der Waals surface area contributed by atoms with Crippen molar-refractivity contribution in [3.63, 3.8) is 0 Å². The largest absolute Gasteiger partial charge is 0.368 e. The van der Waals surface area contributed by atoms with Crippen LogP contribution in [0.4, 0.5) is 4.39 Å². The summed E-state index contributed by atoms with van der Waals surface area (Å²) in [5, 5.41) is -0.446. The van der Waals surface area contributed by atoms with Crippen molar-refractivity contribution in [2.45, 2.75) is 25.3 Å². The van der Waals surface area contributed by atoms with Gasteiger partial charge in [-0.15, -0.1) is 11.6 Å². The van der Waals surface area contributed by atoms with E-state index in [9.17, 15) is 9.18 Å². The van der Waals surface area contributed by atoms with Crippen LogP contribution in [0, 0.1) is 5.82 Å². The summed E-state index contributed by atoms with van der Waals surface area (Å²) in [6.45, 7) is 3.35. The highest BCUT2D eigenvalue weighted by molar-refractivity contribution is 6.20. The molecule has 1 heterocycles. The molecule has 0 bridgehead atoms. The lowest BCUT2D eigenvalue weighted by Crippen LogP contribution is -2.25. The summed E-state index contributed by atoms with van der Waals surface area (Å²) in [7, 11) is 0. The second kappa shape index (κ2) is 4.57. The Kier molecular flexibility index (Phi) is 3.26. The highest BCUT2D eigenvalue weighted by Gasteiger charge is 2.23. The molecule has 2 N–H and O–H groups in total. The molecule has 18 heavy (non-hydrogen) atoms. The SMILES string of the molecule is CC(Cl)c1nc2c(F)cccc2n1C(C)C(N)=O.